The van der Waals surface area contributed by atoms with Crippen molar-refractivity contribution < 1.29 is 0 Å². The van der Waals surface area contributed by atoms with Crippen molar-refractivity contribution in [3.8, 4) is 0 Å². The smallest absolute Gasteiger partial charge is 0.0542 e. The zero-order chi connectivity index (χ0) is 29.5. The summed E-state index contributed by atoms with van der Waals surface area (Å²) in [5, 5.41) is 0. The minimum Gasteiger partial charge on any atom is -0.364 e. The Hall–Kier alpha value is -2.80. The van der Waals surface area contributed by atoms with Gasteiger partial charge in [-0.1, -0.05) is 126 Å². The second-order valence-electron chi connectivity index (χ2n) is 11.7. The largest absolute Gasteiger partial charge is 0.364 e. The summed E-state index contributed by atoms with van der Waals surface area (Å²) >= 11 is 0. The lowest BCUT2D eigenvalue weighted by Crippen LogP contribution is -2.33. The Labute approximate surface area is 247 Å². The number of nitrogens with zero attached hydrogens (tertiary/aromatic N) is 1. The molecule has 0 bridgehead atoms. The Morgan fingerprint density at radius 1 is 0.850 bits per heavy atom. The Bertz CT molecular complexity index is 1120. The quantitative estimate of drug-likeness (QED) is 0.275. The number of anilines is 1. The molecule has 1 unspecified atom stereocenters. The van der Waals surface area contributed by atoms with E-state index in [0.29, 0.717) is 12.0 Å². The molecule has 1 fully saturated rings. The highest BCUT2D eigenvalue weighted by atomic mass is 15.2. The zero-order valence-corrected chi connectivity index (χ0v) is 27.0. The fourth-order valence-electron chi connectivity index (χ4n) is 5.23. The molecular formula is C39H57N. The molecule has 0 aliphatic carbocycles. The molecule has 1 heteroatoms. The van der Waals surface area contributed by atoms with Crippen molar-refractivity contribution in [3.63, 3.8) is 0 Å². The van der Waals surface area contributed by atoms with Crippen LogP contribution in [0.2, 0.25) is 0 Å². The maximum Gasteiger partial charge on any atom is 0.0542 e. The Balaban J connectivity index is 0.000000295. The van der Waals surface area contributed by atoms with Crippen LogP contribution in [0, 0.1) is 26.7 Å². The van der Waals surface area contributed by atoms with Gasteiger partial charge in [0.05, 0.1) is 6.04 Å². The number of allylic oxidation sites excluding steroid dienone is 1. The second-order valence-corrected chi connectivity index (χ2v) is 11.7. The van der Waals surface area contributed by atoms with Crippen LogP contribution in [0.1, 0.15) is 119 Å². The van der Waals surface area contributed by atoms with E-state index in [4.69, 9.17) is 0 Å². The van der Waals surface area contributed by atoms with Crippen LogP contribution in [0.5, 0.6) is 0 Å². The summed E-state index contributed by atoms with van der Waals surface area (Å²) < 4.78 is 0. The molecule has 0 aromatic heterocycles. The molecule has 1 aliphatic heterocycles. The molecule has 0 N–H and O–H groups in total. The van der Waals surface area contributed by atoms with Gasteiger partial charge in [-0.3, -0.25) is 0 Å². The summed E-state index contributed by atoms with van der Waals surface area (Å²) in [5.41, 5.74) is 11.0. The predicted molar refractivity (Wildman–Crippen MR) is 181 cm³/mol. The molecule has 3 aromatic rings. The molecule has 1 nitrogen and oxygen atoms in total. The first-order valence-electron chi connectivity index (χ1n) is 15.9. The summed E-state index contributed by atoms with van der Waals surface area (Å²) in [6.45, 7) is 22.8. The Kier molecular flexibility index (Phi) is 14.9. The highest BCUT2D eigenvalue weighted by Gasteiger charge is 2.25. The molecule has 0 amide bonds. The van der Waals surface area contributed by atoms with Crippen LogP contribution in [0.25, 0.3) is 5.57 Å². The van der Waals surface area contributed by atoms with Crippen molar-refractivity contribution in [1.29, 1.82) is 0 Å². The Morgan fingerprint density at radius 2 is 1.45 bits per heavy atom. The molecule has 0 spiro atoms. The summed E-state index contributed by atoms with van der Waals surface area (Å²) in [5.74, 6) is 0.586. The van der Waals surface area contributed by atoms with Gasteiger partial charge in [-0.05, 0) is 99.1 Å². The number of rotatable bonds is 8. The summed E-state index contributed by atoms with van der Waals surface area (Å²) in [7, 11) is 0. The molecule has 0 radical (unpaired) electrons. The average molecular weight is 540 g/mol. The minimum atomic E-state index is 0.527. The van der Waals surface area contributed by atoms with Gasteiger partial charge >= 0.3 is 0 Å². The Morgan fingerprint density at radius 3 is 2.00 bits per heavy atom. The minimum absolute atomic E-state index is 0.527. The standard InChI is InChI=1S/C23H31N.C13H18.C3H8/c1-4-5-8-20-12-15-22(19(3)17-20)24-16-7-6-9-23(24)21-13-10-18(2)11-14-21;1-5-11(3)12(4)13-8-6-10(2)7-9-13;1-3-2/h10-15,17,23H,4-9,16H2,1-3H3;6-9,11H,4-5H2,1-3H3;3H2,1-2H3/t23-;;/m0../s1. The van der Waals surface area contributed by atoms with Crippen LogP contribution >= 0.6 is 0 Å². The summed E-state index contributed by atoms with van der Waals surface area (Å²) in [4.78, 5) is 2.65. The van der Waals surface area contributed by atoms with Crippen LogP contribution < -0.4 is 4.90 Å². The molecule has 40 heavy (non-hydrogen) atoms. The van der Waals surface area contributed by atoms with Crippen LogP contribution in [0.4, 0.5) is 5.69 Å². The van der Waals surface area contributed by atoms with E-state index in [0.717, 1.165) is 6.42 Å². The molecule has 1 aliphatic rings. The first-order valence-corrected chi connectivity index (χ1v) is 15.9. The predicted octanol–water partition coefficient (Wildman–Crippen LogP) is 11.8. The van der Waals surface area contributed by atoms with Crippen molar-refractivity contribution >= 4 is 11.3 Å². The van der Waals surface area contributed by atoms with E-state index >= 15 is 0 Å². The van der Waals surface area contributed by atoms with E-state index < -0.39 is 0 Å². The van der Waals surface area contributed by atoms with Gasteiger partial charge in [0.1, 0.15) is 0 Å². The lowest BCUT2D eigenvalue weighted by atomic mass is 9.93. The third kappa shape index (κ3) is 10.3. The maximum atomic E-state index is 4.13. The number of piperidine rings is 1. The molecular weight excluding hydrogens is 482 g/mol. The van der Waals surface area contributed by atoms with Crippen LogP contribution in [-0.4, -0.2) is 6.54 Å². The van der Waals surface area contributed by atoms with Crippen LogP contribution in [0.3, 0.4) is 0 Å². The topological polar surface area (TPSA) is 3.24 Å². The van der Waals surface area contributed by atoms with Crippen molar-refractivity contribution in [2.24, 2.45) is 5.92 Å². The van der Waals surface area contributed by atoms with E-state index in [2.05, 4.69) is 134 Å². The second kappa shape index (κ2) is 17.8. The first-order chi connectivity index (χ1) is 19.2. The number of hydrogen-bond acceptors (Lipinski definition) is 1. The summed E-state index contributed by atoms with van der Waals surface area (Å²) in [6, 6.07) is 25.4. The van der Waals surface area contributed by atoms with Crippen LogP contribution in [-0.2, 0) is 6.42 Å². The lowest BCUT2D eigenvalue weighted by Gasteiger charge is -2.39. The number of aryl methyl sites for hydroxylation is 4. The van der Waals surface area contributed by atoms with Gasteiger partial charge in [-0.2, -0.15) is 0 Å². The van der Waals surface area contributed by atoms with Crippen molar-refractivity contribution in [1.82, 2.24) is 0 Å². The van der Waals surface area contributed by atoms with Crippen molar-refractivity contribution in [2.45, 2.75) is 113 Å². The van der Waals surface area contributed by atoms with E-state index in [-0.39, 0.29) is 0 Å². The average Bonchev–Trinajstić information content (AvgIpc) is 2.97. The third-order valence-corrected chi connectivity index (χ3v) is 7.98. The van der Waals surface area contributed by atoms with Gasteiger partial charge < -0.3 is 4.90 Å². The van der Waals surface area contributed by atoms with E-state index in [1.54, 1.807) is 0 Å². The van der Waals surface area contributed by atoms with Gasteiger partial charge in [0.2, 0.25) is 0 Å². The lowest BCUT2D eigenvalue weighted by molar-refractivity contribution is 0.472. The SMILES string of the molecule is C=C(c1ccc(C)cc1)C(C)CC.CCC.CCCCc1ccc(N2CCCC[C@H]2c2ccc(C)cc2)c(C)c1. The number of unbranched alkanes of at least 4 members (excludes halogenated alkanes) is 1. The maximum absolute atomic E-state index is 4.13. The van der Waals surface area contributed by atoms with E-state index in [1.807, 2.05) is 0 Å². The molecule has 3 aromatic carbocycles. The van der Waals surface area contributed by atoms with E-state index in [9.17, 15) is 0 Å². The van der Waals surface area contributed by atoms with Gasteiger partial charge in [0, 0.05) is 12.2 Å². The summed E-state index contributed by atoms with van der Waals surface area (Å²) in [6.07, 6.45) is 10.1. The highest BCUT2D eigenvalue weighted by molar-refractivity contribution is 5.65. The molecule has 1 saturated heterocycles. The first kappa shape index (κ1) is 33.4. The van der Waals surface area contributed by atoms with Gasteiger partial charge in [0.15, 0.2) is 0 Å². The molecule has 218 valence electrons. The number of hydrogen-bond donors (Lipinski definition) is 0. The fourth-order valence-corrected chi connectivity index (χ4v) is 5.23. The van der Waals surface area contributed by atoms with E-state index in [1.165, 1.54) is 96.1 Å². The van der Waals surface area contributed by atoms with Crippen molar-refractivity contribution in [3.05, 3.63) is 107 Å². The zero-order valence-electron chi connectivity index (χ0n) is 27.0. The van der Waals surface area contributed by atoms with Gasteiger partial charge in [0.25, 0.3) is 0 Å². The molecule has 2 atom stereocenters. The van der Waals surface area contributed by atoms with Crippen LogP contribution in [0.15, 0.2) is 73.3 Å². The highest BCUT2D eigenvalue weighted by Crippen LogP contribution is 2.37. The monoisotopic (exact) mass is 539 g/mol. The van der Waals surface area contributed by atoms with Crippen molar-refractivity contribution in [2.75, 3.05) is 11.4 Å². The third-order valence-electron chi connectivity index (χ3n) is 7.98. The molecule has 4 rings (SSSR count). The van der Waals surface area contributed by atoms with Gasteiger partial charge in [-0.15, -0.1) is 0 Å². The van der Waals surface area contributed by atoms with Gasteiger partial charge in [-0.25, -0.2) is 0 Å². The number of benzene rings is 3. The fraction of sp³-hybridized carbons (Fsp3) is 0.487. The molecule has 0 saturated carbocycles. The normalized spacial score (nSPS) is 15.3. The molecule has 1 heterocycles.